The number of hydrogen-bond donors (Lipinski definition) is 1. The summed E-state index contributed by atoms with van der Waals surface area (Å²) in [4.78, 5) is 0. The maximum absolute atomic E-state index is 5.72. The Hall–Kier alpha value is -2.20. The molecule has 0 saturated carbocycles. The average molecular weight is 287 g/mol. The lowest BCUT2D eigenvalue weighted by molar-refractivity contribution is 0.146. The highest BCUT2D eigenvalue weighted by atomic mass is 16.5. The molecule has 0 atom stereocenters. The molecule has 0 unspecified atom stereocenters. The fourth-order valence-electron chi connectivity index (χ4n) is 1.93. The van der Waals surface area contributed by atoms with Crippen LogP contribution in [0.1, 0.15) is 5.56 Å². The van der Waals surface area contributed by atoms with Gasteiger partial charge in [0.2, 0.25) is 0 Å². The van der Waals surface area contributed by atoms with Gasteiger partial charge in [0.25, 0.3) is 0 Å². The van der Waals surface area contributed by atoms with E-state index in [2.05, 4.69) is 11.4 Å². The summed E-state index contributed by atoms with van der Waals surface area (Å²) in [6.45, 7) is 1.84. The molecule has 0 aliphatic carbocycles. The van der Waals surface area contributed by atoms with Gasteiger partial charge in [0.15, 0.2) is 0 Å². The molecular weight excluding hydrogens is 266 g/mol. The minimum atomic E-state index is 0.552. The smallest absolute Gasteiger partial charge is 0.124 e. The molecule has 2 aromatic rings. The van der Waals surface area contributed by atoms with Crippen LogP contribution in [-0.2, 0) is 11.3 Å². The Kier molecular flexibility index (Phi) is 5.91. The molecular formula is C17H21NO3. The normalized spacial score (nSPS) is 10.2. The minimum absolute atomic E-state index is 0.552. The highest BCUT2D eigenvalue weighted by molar-refractivity contribution is 5.47. The second kappa shape index (κ2) is 8.17. The lowest BCUT2D eigenvalue weighted by Gasteiger charge is -2.12. The summed E-state index contributed by atoms with van der Waals surface area (Å²) in [6, 6.07) is 15.9. The second-order valence-corrected chi connectivity index (χ2v) is 4.53. The van der Waals surface area contributed by atoms with E-state index < -0.39 is 0 Å². The van der Waals surface area contributed by atoms with Crippen molar-refractivity contribution in [1.82, 2.24) is 0 Å². The molecule has 112 valence electrons. The van der Waals surface area contributed by atoms with Crippen LogP contribution in [0.4, 0.5) is 5.69 Å². The minimum Gasteiger partial charge on any atom is -0.497 e. The molecule has 0 aliphatic heterocycles. The Balaban J connectivity index is 1.95. The van der Waals surface area contributed by atoms with Crippen molar-refractivity contribution in [3.05, 3.63) is 54.1 Å². The largest absolute Gasteiger partial charge is 0.497 e. The lowest BCUT2D eigenvalue weighted by atomic mass is 10.2. The van der Waals surface area contributed by atoms with Crippen LogP contribution in [0, 0.1) is 0 Å². The molecule has 0 fully saturated rings. The number of ether oxygens (including phenoxy) is 3. The molecule has 0 aromatic heterocycles. The van der Waals surface area contributed by atoms with Gasteiger partial charge in [0.1, 0.15) is 18.1 Å². The van der Waals surface area contributed by atoms with Crippen molar-refractivity contribution in [3.63, 3.8) is 0 Å². The highest BCUT2D eigenvalue weighted by Crippen LogP contribution is 2.20. The number of para-hydroxylation sites is 1. The van der Waals surface area contributed by atoms with E-state index in [4.69, 9.17) is 14.2 Å². The number of hydrogen-bond acceptors (Lipinski definition) is 4. The van der Waals surface area contributed by atoms with Crippen molar-refractivity contribution in [2.24, 2.45) is 0 Å². The summed E-state index contributed by atoms with van der Waals surface area (Å²) < 4.78 is 15.9. The molecule has 0 heterocycles. The van der Waals surface area contributed by atoms with Gasteiger partial charge in [-0.05, 0) is 30.3 Å². The summed E-state index contributed by atoms with van der Waals surface area (Å²) in [5.41, 5.74) is 2.16. The molecule has 0 bridgehead atoms. The summed E-state index contributed by atoms with van der Waals surface area (Å²) in [5, 5.41) is 3.38. The Morgan fingerprint density at radius 2 is 1.67 bits per heavy atom. The van der Waals surface area contributed by atoms with E-state index >= 15 is 0 Å². The summed E-state index contributed by atoms with van der Waals surface area (Å²) >= 11 is 0. The van der Waals surface area contributed by atoms with Crippen LogP contribution >= 0.6 is 0 Å². The first-order valence-electron chi connectivity index (χ1n) is 6.91. The third-order valence-electron chi connectivity index (χ3n) is 3.09. The van der Waals surface area contributed by atoms with E-state index in [1.165, 1.54) is 0 Å². The molecule has 4 heteroatoms. The Morgan fingerprint density at radius 1 is 0.905 bits per heavy atom. The van der Waals surface area contributed by atoms with Gasteiger partial charge in [0.05, 0.1) is 13.7 Å². The maximum Gasteiger partial charge on any atom is 0.124 e. The van der Waals surface area contributed by atoms with Crippen LogP contribution in [0.5, 0.6) is 11.5 Å². The number of nitrogens with one attached hydrogen (secondary N) is 1. The fourth-order valence-corrected chi connectivity index (χ4v) is 1.93. The topological polar surface area (TPSA) is 39.7 Å². The van der Waals surface area contributed by atoms with Crippen molar-refractivity contribution in [2.45, 2.75) is 6.54 Å². The lowest BCUT2D eigenvalue weighted by Crippen LogP contribution is -2.07. The van der Waals surface area contributed by atoms with E-state index in [-0.39, 0.29) is 0 Å². The van der Waals surface area contributed by atoms with Gasteiger partial charge >= 0.3 is 0 Å². The highest BCUT2D eigenvalue weighted by Gasteiger charge is 2.03. The van der Waals surface area contributed by atoms with Gasteiger partial charge in [-0.3, -0.25) is 0 Å². The van der Waals surface area contributed by atoms with Crippen LogP contribution in [0.15, 0.2) is 48.5 Å². The van der Waals surface area contributed by atoms with Gasteiger partial charge in [-0.15, -0.1) is 0 Å². The van der Waals surface area contributed by atoms with Crippen LogP contribution in [0.3, 0.4) is 0 Å². The monoisotopic (exact) mass is 287 g/mol. The van der Waals surface area contributed by atoms with Gasteiger partial charge in [-0.25, -0.2) is 0 Å². The molecule has 4 nitrogen and oxygen atoms in total. The molecule has 2 aromatic carbocycles. The predicted octanol–water partition coefficient (Wildman–Crippen LogP) is 3.33. The third kappa shape index (κ3) is 4.68. The predicted molar refractivity (Wildman–Crippen MR) is 84.1 cm³/mol. The number of rotatable bonds is 8. The maximum atomic E-state index is 5.72. The second-order valence-electron chi connectivity index (χ2n) is 4.53. The van der Waals surface area contributed by atoms with E-state index in [1.54, 1.807) is 14.2 Å². The summed E-state index contributed by atoms with van der Waals surface area (Å²) in [5.74, 6) is 1.74. The third-order valence-corrected chi connectivity index (χ3v) is 3.09. The molecule has 0 spiro atoms. The first-order valence-corrected chi connectivity index (χ1v) is 6.91. The zero-order valence-electron chi connectivity index (χ0n) is 12.5. The van der Waals surface area contributed by atoms with Crippen molar-refractivity contribution in [1.29, 1.82) is 0 Å². The Morgan fingerprint density at radius 3 is 2.38 bits per heavy atom. The summed E-state index contributed by atoms with van der Waals surface area (Å²) in [7, 11) is 3.33. The average Bonchev–Trinajstić information content (AvgIpc) is 2.54. The Bertz CT molecular complexity index is 540. The molecule has 0 amide bonds. The van der Waals surface area contributed by atoms with Crippen LogP contribution in [0.25, 0.3) is 0 Å². The van der Waals surface area contributed by atoms with E-state index in [0.29, 0.717) is 19.8 Å². The van der Waals surface area contributed by atoms with Gasteiger partial charge < -0.3 is 19.5 Å². The number of benzene rings is 2. The van der Waals surface area contributed by atoms with Crippen LogP contribution in [-0.4, -0.2) is 27.4 Å². The summed E-state index contributed by atoms with van der Waals surface area (Å²) in [6.07, 6.45) is 0. The number of anilines is 1. The SMILES string of the molecule is COCCOc1ccccc1CNc1ccc(OC)cc1. The molecule has 1 N–H and O–H groups in total. The molecule has 21 heavy (non-hydrogen) atoms. The van der Waals surface area contributed by atoms with Crippen LogP contribution in [0.2, 0.25) is 0 Å². The van der Waals surface area contributed by atoms with E-state index in [9.17, 15) is 0 Å². The fraction of sp³-hybridized carbons (Fsp3) is 0.294. The van der Waals surface area contributed by atoms with Crippen LogP contribution < -0.4 is 14.8 Å². The van der Waals surface area contributed by atoms with Gasteiger partial charge in [-0.2, -0.15) is 0 Å². The zero-order chi connectivity index (χ0) is 14.9. The van der Waals surface area contributed by atoms with Crippen molar-refractivity contribution in [3.8, 4) is 11.5 Å². The number of methoxy groups -OCH3 is 2. The molecule has 0 aliphatic rings. The van der Waals surface area contributed by atoms with E-state index in [1.807, 2.05) is 42.5 Å². The Labute approximate surface area is 125 Å². The first kappa shape index (κ1) is 15.2. The van der Waals surface area contributed by atoms with Gasteiger partial charge in [-0.1, -0.05) is 18.2 Å². The molecule has 0 saturated heterocycles. The van der Waals surface area contributed by atoms with Crippen molar-refractivity contribution in [2.75, 3.05) is 32.8 Å². The molecule has 2 rings (SSSR count). The van der Waals surface area contributed by atoms with Crippen molar-refractivity contribution < 1.29 is 14.2 Å². The quantitative estimate of drug-likeness (QED) is 0.756. The standard InChI is InChI=1S/C17H21NO3/c1-19-11-12-21-17-6-4-3-5-14(17)13-18-15-7-9-16(20-2)10-8-15/h3-10,18H,11-13H2,1-2H3. The van der Waals surface area contributed by atoms with Gasteiger partial charge in [0, 0.05) is 24.9 Å². The van der Waals surface area contributed by atoms with E-state index in [0.717, 1.165) is 22.7 Å². The zero-order valence-corrected chi connectivity index (χ0v) is 12.5. The molecule has 0 radical (unpaired) electrons. The van der Waals surface area contributed by atoms with Crippen molar-refractivity contribution >= 4 is 5.69 Å². The first-order chi connectivity index (χ1) is 10.3.